The van der Waals surface area contributed by atoms with Crippen LogP contribution in [0.2, 0.25) is 0 Å². The molecule has 15 heavy (non-hydrogen) atoms. The van der Waals surface area contributed by atoms with Crippen molar-refractivity contribution in [2.24, 2.45) is 23.2 Å². The number of hydrogen-bond donors (Lipinski definition) is 1. The first-order valence-corrected chi connectivity index (χ1v) is 6.60. The van der Waals surface area contributed by atoms with Crippen LogP contribution in [-0.2, 0) is 0 Å². The molecule has 0 radical (unpaired) electrons. The van der Waals surface area contributed by atoms with Crippen molar-refractivity contribution in [2.75, 3.05) is 13.1 Å². The highest BCUT2D eigenvalue weighted by molar-refractivity contribution is 5.26. The highest BCUT2D eigenvalue weighted by atomic mass is 14.9. The van der Waals surface area contributed by atoms with E-state index in [0.717, 1.165) is 17.8 Å². The summed E-state index contributed by atoms with van der Waals surface area (Å²) < 4.78 is 0. The van der Waals surface area contributed by atoms with Gasteiger partial charge in [-0.3, -0.25) is 0 Å². The zero-order chi connectivity index (χ0) is 10.5. The number of piperidine rings is 1. The summed E-state index contributed by atoms with van der Waals surface area (Å²) in [6.45, 7) is 7.44. The third-order valence-electron chi connectivity index (χ3n) is 5.28. The first-order valence-electron chi connectivity index (χ1n) is 6.60. The lowest BCUT2D eigenvalue weighted by molar-refractivity contribution is -0.0140. The average molecular weight is 205 g/mol. The van der Waals surface area contributed by atoms with Gasteiger partial charge >= 0.3 is 0 Å². The molecule has 3 aliphatic carbocycles. The predicted molar refractivity (Wildman–Crippen MR) is 63.7 cm³/mol. The maximum Gasteiger partial charge on any atom is 0.00170 e. The summed E-state index contributed by atoms with van der Waals surface area (Å²) in [7, 11) is 0. The predicted octanol–water partition coefficient (Wildman–Crippen LogP) is 2.98. The molecular weight excluding hydrogens is 182 g/mol. The Labute approximate surface area is 93.3 Å². The van der Waals surface area contributed by atoms with Crippen LogP contribution in [0.1, 0.15) is 39.5 Å². The molecule has 1 saturated heterocycles. The molecule has 1 heterocycles. The molecule has 1 heteroatoms. The largest absolute Gasteiger partial charge is 0.316 e. The Hall–Kier alpha value is -0.300. The molecule has 3 unspecified atom stereocenters. The van der Waals surface area contributed by atoms with Crippen LogP contribution in [0, 0.1) is 23.2 Å². The fraction of sp³-hybridized carbons (Fsp3) is 0.857. The van der Waals surface area contributed by atoms with Gasteiger partial charge in [0.2, 0.25) is 0 Å². The molecule has 0 spiro atoms. The van der Waals surface area contributed by atoms with E-state index in [-0.39, 0.29) is 0 Å². The lowest BCUT2D eigenvalue weighted by Crippen LogP contribution is -2.50. The second kappa shape index (κ2) is 3.35. The van der Waals surface area contributed by atoms with Gasteiger partial charge in [0, 0.05) is 6.54 Å². The zero-order valence-electron chi connectivity index (χ0n) is 10.1. The van der Waals surface area contributed by atoms with Crippen LogP contribution in [0.3, 0.4) is 0 Å². The molecule has 0 amide bonds. The van der Waals surface area contributed by atoms with Crippen LogP contribution in [0.5, 0.6) is 0 Å². The quantitative estimate of drug-likeness (QED) is 0.649. The van der Waals surface area contributed by atoms with E-state index in [1.807, 2.05) is 5.57 Å². The third kappa shape index (κ3) is 1.39. The molecule has 2 bridgehead atoms. The Morgan fingerprint density at radius 1 is 1.40 bits per heavy atom. The van der Waals surface area contributed by atoms with Crippen molar-refractivity contribution in [3.05, 3.63) is 11.6 Å². The monoisotopic (exact) mass is 205 g/mol. The molecule has 84 valence electrons. The van der Waals surface area contributed by atoms with Crippen molar-refractivity contribution >= 4 is 0 Å². The van der Waals surface area contributed by atoms with Crippen molar-refractivity contribution in [3.63, 3.8) is 0 Å². The highest BCUT2D eigenvalue weighted by Crippen LogP contribution is 2.60. The Kier molecular flexibility index (Phi) is 2.21. The molecule has 4 rings (SSSR count). The molecule has 0 aromatic carbocycles. The fourth-order valence-electron chi connectivity index (χ4n) is 3.99. The van der Waals surface area contributed by atoms with Crippen LogP contribution in [0.25, 0.3) is 0 Å². The zero-order valence-corrected chi connectivity index (χ0v) is 10.1. The van der Waals surface area contributed by atoms with E-state index in [9.17, 15) is 0 Å². The molecule has 0 aromatic rings. The lowest BCUT2D eigenvalue weighted by Gasteiger charge is -2.58. The van der Waals surface area contributed by atoms with Crippen LogP contribution in [0.15, 0.2) is 11.6 Å². The maximum absolute atomic E-state index is 3.56. The van der Waals surface area contributed by atoms with E-state index in [2.05, 4.69) is 25.2 Å². The first-order chi connectivity index (χ1) is 7.19. The van der Waals surface area contributed by atoms with Crippen molar-refractivity contribution in [2.45, 2.75) is 39.5 Å². The van der Waals surface area contributed by atoms with E-state index in [1.54, 1.807) is 0 Å². The number of allylic oxidation sites excluding steroid dienone is 1. The van der Waals surface area contributed by atoms with Gasteiger partial charge in [-0.05, 0) is 55.4 Å². The second-order valence-corrected chi connectivity index (χ2v) is 6.29. The van der Waals surface area contributed by atoms with E-state index in [4.69, 9.17) is 0 Å². The van der Waals surface area contributed by atoms with Crippen LogP contribution in [0.4, 0.5) is 0 Å². The smallest absolute Gasteiger partial charge is 0.00170 e. The van der Waals surface area contributed by atoms with Crippen LogP contribution < -0.4 is 5.32 Å². The van der Waals surface area contributed by atoms with Gasteiger partial charge in [-0.1, -0.05) is 25.5 Å². The molecule has 1 N–H and O–H groups in total. The summed E-state index contributed by atoms with van der Waals surface area (Å²) in [4.78, 5) is 0. The van der Waals surface area contributed by atoms with Crippen molar-refractivity contribution in [1.29, 1.82) is 0 Å². The van der Waals surface area contributed by atoms with Gasteiger partial charge in [-0.25, -0.2) is 0 Å². The van der Waals surface area contributed by atoms with Crippen molar-refractivity contribution in [3.8, 4) is 0 Å². The maximum atomic E-state index is 3.56. The molecule has 4 aliphatic rings. The highest BCUT2D eigenvalue weighted by Gasteiger charge is 2.52. The van der Waals surface area contributed by atoms with Crippen molar-refractivity contribution in [1.82, 2.24) is 5.32 Å². The SMILES string of the molecule is CC1(C)C2CC=C(C3CCCNC3)C1C2. The Morgan fingerprint density at radius 3 is 2.87 bits per heavy atom. The van der Waals surface area contributed by atoms with E-state index in [1.165, 1.54) is 38.8 Å². The van der Waals surface area contributed by atoms with Gasteiger partial charge in [-0.15, -0.1) is 0 Å². The average Bonchev–Trinajstić information content (AvgIpc) is 2.30. The van der Waals surface area contributed by atoms with E-state index in [0.29, 0.717) is 5.41 Å². The summed E-state index contributed by atoms with van der Waals surface area (Å²) in [6.07, 6.45) is 8.22. The van der Waals surface area contributed by atoms with Gasteiger partial charge in [0.15, 0.2) is 0 Å². The summed E-state index contributed by atoms with van der Waals surface area (Å²) in [5.41, 5.74) is 2.43. The lowest BCUT2D eigenvalue weighted by atomic mass is 9.47. The molecule has 0 aromatic heterocycles. The molecule has 1 aliphatic heterocycles. The minimum Gasteiger partial charge on any atom is -0.316 e. The second-order valence-electron chi connectivity index (χ2n) is 6.29. The fourth-order valence-corrected chi connectivity index (χ4v) is 3.99. The number of fused-ring (bicyclic) bond motifs is 1. The molecule has 1 nitrogen and oxygen atoms in total. The molecular formula is C14H23N. The summed E-state index contributed by atoms with van der Waals surface area (Å²) in [5, 5.41) is 3.56. The van der Waals surface area contributed by atoms with Gasteiger partial charge in [0.1, 0.15) is 0 Å². The minimum absolute atomic E-state index is 0.613. The Morgan fingerprint density at radius 2 is 2.27 bits per heavy atom. The minimum atomic E-state index is 0.613. The third-order valence-corrected chi connectivity index (χ3v) is 5.28. The molecule has 1 saturated carbocycles. The van der Waals surface area contributed by atoms with Crippen LogP contribution >= 0.6 is 0 Å². The summed E-state index contributed by atoms with van der Waals surface area (Å²) in [5.74, 6) is 2.77. The molecule has 3 atom stereocenters. The van der Waals surface area contributed by atoms with E-state index < -0.39 is 0 Å². The van der Waals surface area contributed by atoms with Gasteiger partial charge in [0.05, 0.1) is 0 Å². The Balaban J connectivity index is 1.78. The van der Waals surface area contributed by atoms with Crippen LogP contribution in [-0.4, -0.2) is 13.1 Å². The number of hydrogen-bond acceptors (Lipinski definition) is 1. The van der Waals surface area contributed by atoms with Gasteiger partial charge in [-0.2, -0.15) is 0 Å². The van der Waals surface area contributed by atoms with E-state index >= 15 is 0 Å². The number of nitrogens with one attached hydrogen (secondary N) is 1. The first kappa shape index (κ1) is 9.89. The molecule has 2 fully saturated rings. The Bertz CT molecular complexity index is 284. The standard InChI is InChI=1S/C14H23N/c1-14(2)11-5-6-12(13(14)8-11)10-4-3-7-15-9-10/h6,10-11,13,15H,3-5,7-9H2,1-2H3. The van der Waals surface area contributed by atoms with Crippen molar-refractivity contribution < 1.29 is 0 Å². The van der Waals surface area contributed by atoms with Gasteiger partial charge in [0.25, 0.3) is 0 Å². The summed E-state index contributed by atoms with van der Waals surface area (Å²) >= 11 is 0. The topological polar surface area (TPSA) is 12.0 Å². The summed E-state index contributed by atoms with van der Waals surface area (Å²) in [6, 6.07) is 0. The number of rotatable bonds is 1. The normalized spacial score (nSPS) is 43.1. The van der Waals surface area contributed by atoms with Gasteiger partial charge < -0.3 is 5.32 Å².